The molecular weight excluding hydrogens is 218 g/mol. The van der Waals surface area contributed by atoms with E-state index in [9.17, 15) is 0 Å². The maximum atomic E-state index is 3.87. The fourth-order valence-electron chi connectivity index (χ4n) is 2.53. The summed E-state index contributed by atoms with van der Waals surface area (Å²) >= 11 is 0. The van der Waals surface area contributed by atoms with Gasteiger partial charge in [0.25, 0.3) is 0 Å². The molecule has 0 aromatic heterocycles. The van der Waals surface area contributed by atoms with Crippen LogP contribution in [0.1, 0.15) is 67.2 Å². The van der Waals surface area contributed by atoms with Crippen molar-refractivity contribution in [2.24, 2.45) is 16.3 Å². The first-order valence-electron chi connectivity index (χ1n) is 7.30. The summed E-state index contributed by atoms with van der Waals surface area (Å²) in [7, 11) is 0. The molecule has 0 radical (unpaired) electrons. The van der Waals surface area contributed by atoms with E-state index in [0.717, 1.165) is 6.42 Å². The van der Waals surface area contributed by atoms with Crippen LogP contribution in [0.2, 0.25) is 0 Å². The van der Waals surface area contributed by atoms with Crippen LogP contribution in [0.5, 0.6) is 0 Å². The number of allylic oxidation sites excluding steroid dienone is 3. The van der Waals surface area contributed by atoms with Gasteiger partial charge in [-0.15, -0.1) is 0 Å². The van der Waals surface area contributed by atoms with Crippen LogP contribution in [-0.2, 0) is 0 Å². The van der Waals surface area contributed by atoms with Crippen LogP contribution in [0.25, 0.3) is 0 Å². The molecule has 0 rings (SSSR count). The van der Waals surface area contributed by atoms with Gasteiger partial charge >= 0.3 is 0 Å². The van der Waals surface area contributed by atoms with E-state index >= 15 is 0 Å². The summed E-state index contributed by atoms with van der Waals surface area (Å²) in [5, 5.41) is 0. The lowest BCUT2D eigenvalue weighted by molar-refractivity contribution is 0.371. The SMILES string of the molecule is C=N/C=C\C(CCC)=C(\C(C)CC)C(C)(C)CC. The molecule has 0 bridgehead atoms. The van der Waals surface area contributed by atoms with Gasteiger partial charge in [0.2, 0.25) is 0 Å². The van der Waals surface area contributed by atoms with Crippen LogP contribution in [0.3, 0.4) is 0 Å². The number of hydrogen-bond donors (Lipinski definition) is 0. The van der Waals surface area contributed by atoms with Crippen LogP contribution in [0.15, 0.2) is 28.4 Å². The Hall–Kier alpha value is -0.850. The third kappa shape index (κ3) is 4.80. The van der Waals surface area contributed by atoms with Crippen LogP contribution in [0.4, 0.5) is 0 Å². The summed E-state index contributed by atoms with van der Waals surface area (Å²) in [5.74, 6) is 0.635. The van der Waals surface area contributed by atoms with E-state index in [1.807, 2.05) is 6.20 Å². The minimum absolute atomic E-state index is 0.269. The van der Waals surface area contributed by atoms with Crippen molar-refractivity contribution >= 4 is 6.72 Å². The van der Waals surface area contributed by atoms with Gasteiger partial charge in [-0.2, -0.15) is 0 Å². The van der Waals surface area contributed by atoms with E-state index in [2.05, 4.69) is 59.3 Å². The summed E-state index contributed by atoms with van der Waals surface area (Å²) in [5.41, 5.74) is 3.34. The van der Waals surface area contributed by atoms with Gasteiger partial charge < -0.3 is 0 Å². The Kier molecular flexibility index (Phi) is 7.90. The van der Waals surface area contributed by atoms with Crippen molar-refractivity contribution < 1.29 is 0 Å². The molecule has 0 saturated heterocycles. The molecule has 104 valence electrons. The van der Waals surface area contributed by atoms with Gasteiger partial charge in [-0.05, 0) is 49.0 Å². The third-order valence-corrected chi connectivity index (χ3v) is 3.96. The van der Waals surface area contributed by atoms with Crippen LogP contribution < -0.4 is 0 Å². The van der Waals surface area contributed by atoms with E-state index in [1.165, 1.54) is 24.8 Å². The van der Waals surface area contributed by atoms with Crippen LogP contribution in [-0.4, -0.2) is 6.72 Å². The first-order valence-corrected chi connectivity index (χ1v) is 7.30. The molecule has 0 spiro atoms. The molecular formula is C17H31N. The average Bonchev–Trinajstić information content (AvgIpc) is 2.35. The zero-order valence-electron chi connectivity index (χ0n) is 13.2. The molecule has 0 aliphatic carbocycles. The summed E-state index contributed by atoms with van der Waals surface area (Å²) in [6.07, 6.45) is 8.68. The van der Waals surface area contributed by atoms with Gasteiger partial charge in [0.15, 0.2) is 0 Å². The molecule has 0 N–H and O–H groups in total. The van der Waals surface area contributed by atoms with Crippen molar-refractivity contribution in [2.45, 2.75) is 67.2 Å². The Bertz CT molecular complexity index is 308. The molecule has 0 fully saturated rings. The third-order valence-electron chi connectivity index (χ3n) is 3.96. The Morgan fingerprint density at radius 1 is 1.28 bits per heavy atom. The zero-order valence-corrected chi connectivity index (χ0v) is 13.2. The van der Waals surface area contributed by atoms with E-state index in [4.69, 9.17) is 0 Å². The molecule has 0 heterocycles. The first-order chi connectivity index (χ1) is 8.44. The zero-order chi connectivity index (χ0) is 14.2. The highest BCUT2D eigenvalue weighted by molar-refractivity contribution is 5.33. The molecule has 1 unspecified atom stereocenters. The second-order valence-corrected chi connectivity index (χ2v) is 5.73. The molecule has 0 aromatic rings. The number of aliphatic imine (C=N–C) groups is 1. The summed E-state index contributed by atoms with van der Waals surface area (Å²) in [6, 6.07) is 0. The maximum Gasteiger partial charge on any atom is 0.0263 e. The van der Waals surface area contributed by atoms with Gasteiger partial charge in [0.1, 0.15) is 0 Å². The van der Waals surface area contributed by atoms with Crippen LogP contribution in [0, 0.1) is 11.3 Å². The van der Waals surface area contributed by atoms with Gasteiger partial charge in [-0.3, -0.25) is 4.99 Å². The molecule has 1 heteroatoms. The Labute approximate surface area is 114 Å². The normalized spacial score (nSPS) is 15.7. The molecule has 1 nitrogen and oxygen atoms in total. The van der Waals surface area contributed by atoms with E-state index < -0.39 is 0 Å². The van der Waals surface area contributed by atoms with Gasteiger partial charge in [-0.1, -0.05) is 53.5 Å². The minimum Gasteiger partial charge on any atom is -0.273 e. The topological polar surface area (TPSA) is 12.4 Å². The Morgan fingerprint density at radius 2 is 1.89 bits per heavy atom. The van der Waals surface area contributed by atoms with E-state index in [-0.39, 0.29) is 5.41 Å². The fourth-order valence-corrected chi connectivity index (χ4v) is 2.53. The quantitative estimate of drug-likeness (QED) is 0.382. The van der Waals surface area contributed by atoms with Gasteiger partial charge in [0.05, 0.1) is 0 Å². The Balaban J connectivity index is 5.68. The van der Waals surface area contributed by atoms with Crippen molar-refractivity contribution in [1.29, 1.82) is 0 Å². The second-order valence-electron chi connectivity index (χ2n) is 5.73. The monoisotopic (exact) mass is 249 g/mol. The minimum atomic E-state index is 0.269. The molecule has 1 atom stereocenters. The molecule has 0 saturated carbocycles. The average molecular weight is 249 g/mol. The largest absolute Gasteiger partial charge is 0.273 e. The summed E-state index contributed by atoms with van der Waals surface area (Å²) < 4.78 is 0. The summed E-state index contributed by atoms with van der Waals surface area (Å²) in [6.45, 7) is 17.4. The maximum absolute atomic E-state index is 3.87. The summed E-state index contributed by atoms with van der Waals surface area (Å²) in [4.78, 5) is 3.87. The molecule has 18 heavy (non-hydrogen) atoms. The van der Waals surface area contributed by atoms with Gasteiger partial charge in [-0.25, -0.2) is 0 Å². The molecule has 0 amide bonds. The number of hydrogen-bond acceptors (Lipinski definition) is 1. The molecule has 0 aromatic carbocycles. The van der Waals surface area contributed by atoms with Crippen molar-refractivity contribution in [1.82, 2.24) is 0 Å². The van der Waals surface area contributed by atoms with E-state index in [1.54, 1.807) is 5.57 Å². The number of rotatable bonds is 8. The highest BCUT2D eigenvalue weighted by Gasteiger charge is 2.26. The lowest BCUT2D eigenvalue weighted by Gasteiger charge is -2.33. The molecule has 0 aliphatic heterocycles. The second kappa shape index (κ2) is 8.29. The smallest absolute Gasteiger partial charge is 0.0263 e. The highest BCUT2D eigenvalue weighted by Crippen LogP contribution is 2.40. The molecule has 0 aliphatic rings. The lowest BCUT2D eigenvalue weighted by Crippen LogP contribution is -2.21. The number of nitrogens with zero attached hydrogens (tertiary/aromatic N) is 1. The standard InChI is InChI=1S/C17H31N/c1-8-11-15(12-13-18-7)16(14(4)9-2)17(5,6)10-3/h12-14H,7-11H2,1-6H3/b13-12-,16-15-. The fraction of sp³-hybridized carbons (Fsp3) is 0.706. The lowest BCUT2D eigenvalue weighted by atomic mass is 9.72. The van der Waals surface area contributed by atoms with Gasteiger partial charge in [0, 0.05) is 6.20 Å². The van der Waals surface area contributed by atoms with Crippen molar-refractivity contribution in [3.8, 4) is 0 Å². The van der Waals surface area contributed by atoms with Crippen molar-refractivity contribution in [3.05, 3.63) is 23.4 Å². The van der Waals surface area contributed by atoms with Crippen molar-refractivity contribution in [3.63, 3.8) is 0 Å². The Morgan fingerprint density at radius 3 is 2.28 bits per heavy atom. The predicted octanol–water partition coefficient (Wildman–Crippen LogP) is 5.78. The highest BCUT2D eigenvalue weighted by atomic mass is 14.6. The van der Waals surface area contributed by atoms with Crippen molar-refractivity contribution in [2.75, 3.05) is 0 Å². The first kappa shape index (κ1) is 17.2. The van der Waals surface area contributed by atoms with E-state index in [0.29, 0.717) is 5.92 Å². The van der Waals surface area contributed by atoms with Crippen LogP contribution >= 0.6 is 0 Å². The predicted molar refractivity (Wildman–Crippen MR) is 84.2 cm³/mol.